The van der Waals surface area contributed by atoms with E-state index in [0.717, 1.165) is 31.9 Å². The molecule has 1 spiro atoms. The Labute approximate surface area is 125 Å². The molecule has 106 valence electrons. The van der Waals surface area contributed by atoms with Crippen molar-refractivity contribution < 1.29 is 0 Å². The Balaban J connectivity index is 1.80. The molecule has 0 amide bonds. The molecule has 1 N–H and O–H groups in total. The first kappa shape index (κ1) is 13.7. The summed E-state index contributed by atoms with van der Waals surface area (Å²) in [5, 5.41) is 13.1. The third-order valence-corrected chi connectivity index (χ3v) is 4.97. The Morgan fingerprint density at radius 1 is 1.30 bits per heavy atom. The third-order valence-electron chi connectivity index (χ3n) is 4.66. The fourth-order valence-electron chi connectivity index (χ4n) is 3.60. The highest BCUT2D eigenvalue weighted by Crippen LogP contribution is 2.38. The van der Waals surface area contributed by atoms with Gasteiger partial charge in [0.05, 0.1) is 10.6 Å². The molecule has 2 fully saturated rings. The molecular formula is C16H20ClN3. The average Bonchev–Trinajstić information content (AvgIpc) is 2.48. The van der Waals surface area contributed by atoms with Crippen molar-refractivity contribution in [3.63, 3.8) is 0 Å². The number of hydrogen-bond acceptors (Lipinski definition) is 3. The minimum absolute atomic E-state index is 0.427. The van der Waals surface area contributed by atoms with E-state index in [4.69, 9.17) is 16.9 Å². The third kappa shape index (κ3) is 2.63. The smallest absolute Gasteiger partial charge is 0.101 e. The van der Waals surface area contributed by atoms with Crippen LogP contribution in [0.1, 0.15) is 31.2 Å². The summed E-state index contributed by atoms with van der Waals surface area (Å²) in [6.07, 6.45) is 5.16. The second-order valence-corrected chi connectivity index (χ2v) is 6.49. The maximum absolute atomic E-state index is 8.96. The van der Waals surface area contributed by atoms with Crippen molar-refractivity contribution in [1.82, 2.24) is 5.32 Å². The van der Waals surface area contributed by atoms with Gasteiger partial charge in [-0.2, -0.15) is 5.26 Å². The fraction of sp³-hybridized carbons (Fsp3) is 0.562. The molecule has 1 aromatic carbocycles. The predicted molar refractivity (Wildman–Crippen MR) is 82.2 cm³/mol. The number of piperidine rings is 2. The SMILES string of the molecule is N#Cc1ccc(N2CCCC3(CCCNC3)C2)cc1Cl. The van der Waals surface area contributed by atoms with Gasteiger partial charge >= 0.3 is 0 Å². The lowest BCUT2D eigenvalue weighted by molar-refractivity contribution is 0.173. The van der Waals surface area contributed by atoms with Crippen LogP contribution in [-0.2, 0) is 0 Å². The second-order valence-electron chi connectivity index (χ2n) is 6.08. The van der Waals surface area contributed by atoms with Gasteiger partial charge in [-0.15, -0.1) is 0 Å². The van der Waals surface area contributed by atoms with Gasteiger partial charge in [0, 0.05) is 30.7 Å². The van der Waals surface area contributed by atoms with E-state index in [-0.39, 0.29) is 0 Å². The highest BCUT2D eigenvalue weighted by Gasteiger charge is 2.36. The van der Waals surface area contributed by atoms with Crippen LogP contribution in [0.2, 0.25) is 5.02 Å². The summed E-state index contributed by atoms with van der Waals surface area (Å²) in [5.41, 5.74) is 2.14. The van der Waals surface area contributed by atoms with Crippen molar-refractivity contribution in [2.45, 2.75) is 25.7 Å². The van der Waals surface area contributed by atoms with E-state index in [9.17, 15) is 0 Å². The van der Waals surface area contributed by atoms with E-state index in [1.165, 1.54) is 25.7 Å². The van der Waals surface area contributed by atoms with Crippen LogP contribution < -0.4 is 10.2 Å². The first-order valence-electron chi connectivity index (χ1n) is 7.38. The van der Waals surface area contributed by atoms with Crippen molar-refractivity contribution in [3.05, 3.63) is 28.8 Å². The molecule has 0 aromatic heterocycles. The lowest BCUT2D eigenvalue weighted by Gasteiger charge is -2.46. The highest BCUT2D eigenvalue weighted by molar-refractivity contribution is 6.32. The molecule has 0 bridgehead atoms. The molecule has 0 aliphatic carbocycles. The van der Waals surface area contributed by atoms with Crippen molar-refractivity contribution >= 4 is 17.3 Å². The van der Waals surface area contributed by atoms with E-state index in [2.05, 4.69) is 16.3 Å². The van der Waals surface area contributed by atoms with Crippen LogP contribution in [0.25, 0.3) is 0 Å². The minimum Gasteiger partial charge on any atom is -0.371 e. The topological polar surface area (TPSA) is 39.1 Å². The van der Waals surface area contributed by atoms with Gasteiger partial charge in [-0.05, 0) is 50.4 Å². The van der Waals surface area contributed by atoms with Crippen LogP contribution in [0.4, 0.5) is 5.69 Å². The van der Waals surface area contributed by atoms with Gasteiger partial charge < -0.3 is 10.2 Å². The molecule has 2 saturated heterocycles. The molecule has 2 aliphatic rings. The molecule has 2 heterocycles. The van der Waals surface area contributed by atoms with Gasteiger partial charge in [-0.25, -0.2) is 0 Å². The number of rotatable bonds is 1. The van der Waals surface area contributed by atoms with Crippen LogP contribution in [0, 0.1) is 16.7 Å². The number of hydrogen-bond donors (Lipinski definition) is 1. The Kier molecular flexibility index (Phi) is 3.87. The molecule has 3 rings (SSSR count). The minimum atomic E-state index is 0.427. The van der Waals surface area contributed by atoms with Gasteiger partial charge in [0.2, 0.25) is 0 Å². The standard InChI is InChI=1S/C16H20ClN3/c17-15-9-14(4-3-13(15)10-18)20-8-2-6-16(12-20)5-1-7-19-11-16/h3-4,9,19H,1-2,5-8,11-12H2. The zero-order valence-corrected chi connectivity index (χ0v) is 12.4. The first-order valence-corrected chi connectivity index (χ1v) is 7.76. The normalized spacial score (nSPS) is 26.5. The summed E-state index contributed by atoms with van der Waals surface area (Å²) in [6.45, 7) is 4.48. The summed E-state index contributed by atoms with van der Waals surface area (Å²) in [4.78, 5) is 2.43. The summed E-state index contributed by atoms with van der Waals surface area (Å²) < 4.78 is 0. The highest BCUT2D eigenvalue weighted by atomic mass is 35.5. The Morgan fingerprint density at radius 2 is 2.15 bits per heavy atom. The Bertz CT molecular complexity index is 524. The molecule has 1 atom stereocenters. The van der Waals surface area contributed by atoms with Gasteiger partial charge in [0.15, 0.2) is 0 Å². The zero-order valence-electron chi connectivity index (χ0n) is 11.7. The maximum Gasteiger partial charge on any atom is 0.101 e. The van der Waals surface area contributed by atoms with Gasteiger partial charge in [-0.3, -0.25) is 0 Å². The molecule has 0 saturated carbocycles. The van der Waals surface area contributed by atoms with Crippen LogP contribution in [0.5, 0.6) is 0 Å². The van der Waals surface area contributed by atoms with Gasteiger partial charge in [0.1, 0.15) is 6.07 Å². The summed E-state index contributed by atoms with van der Waals surface area (Å²) in [7, 11) is 0. The van der Waals surface area contributed by atoms with Crippen molar-refractivity contribution in [3.8, 4) is 6.07 Å². The lowest BCUT2D eigenvalue weighted by Crippen LogP contribution is -2.51. The first-order chi connectivity index (χ1) is 9.72. The van der Waals surface area contributed by atoms with Crippen LogP contribution in [0.15, 0.2) is 18.2 Å². The van der Waals surface area contributed by atoms with Gasteiger partial charge in [-0.1, -0.05) is 11.6 Å². The Morgan fingerprint density at radius 3 is 2.85 bits per heavy atom. The predicted octanol–water partition coefficient (Wildman–Crippen LogP) is 3.18. The number of nitrogens with zero attached hydrogens (tertiary/aromatic N) is 2. The summed E-state index contributed by atoms with van der Waals surface area (Å²) >= 11 is 6.16. The quantitative estimate of drug-likeness (QED) is 0.863. The number of nitrogens with one attached hydrogen (secondary N) is 1. The number of halogens is 1. The van der Waals surface area contributed by atoms with E-state index in [1.807, 2.05) is 18.2 Å². The summed E-state index contributed by atoms with van der Waals surface area (Å²) in [5.74, 6) is 0. The van der Waals surface area contributed by atoms with Crippen molar-refractivity contribution in [2.75, 3.05) is 31.1 Å². The van der Waals surface area contributed by atoms with Crippen LogP contribution >= 0.6 is 11.6 Å². The zero-order chi connectivity index (χ0) is 14.0. The van der Waals surface area contributed by atoms with Crippen LogP contribution in [0.3, 0.4) is 0 Å². The number of nitriles is 1. The van der Waals surface area contributed by atoms with E-state index >= 15 is 0 Å². The molecule has 1 unspecified atom stereocenters. The van der Waals surface area contributed by atoms with E-state index in [1.54, 1.807) is 0 Å². The monoisotopic (exact) mass is 289 g/mol. The van der Waals surface area contributed by atoms with E-state index < -0.39 is 0 Å². The van der Waals surface area contributed by atoms with E-state index in [0.29, 0.717) is 16.0 Å². The lowest BCUT2D eigenvalue weighted by atomic mass is 9.74. The maximum atomic E-state index is 8.96. The number of benzene rings is 1. The number of anilines is 1. The molecule has 0 radical (unpaired) electrons. The van der Waals surface area contributed by atoms with Crippen LogP contribution in [-0.4, -0.2) is 26.2 Å². The molecule has 3 nitrogen and oxygen atoms in total. The molecule has 1 aromatic rings. The molecule has 4 heteroatoms. The fourth-order valence-corrected chi connectivity index (χ4v) is 3.82. The molecule has 20 heavy (non-hydrogen) atoms. The largest absolute Gasteiger partial charge is 0.371 e. The van der Waals surface area contributed by atoms with Crippen molar-refractivity contribution in [1.29, 1.82) is 5.26 Å². The van der Waals surface area contributed by atoms with Crippen molar-refractivity contribution in [2.24, 2.45) is 5.41 Å². The average molecular weight is 290 g/mol. The molecular weight excluding hydrogens is 270 g/mol. The Hall–Kier alpha value is -1.24. The summed E-state index contributed by atoms with van der Waals surface area (Å²) in [6, 6.07) is 7.92. The molecule has 2 aliphatic heterocycles. The van der Waals surface area contributed by atoms with Gasteiger partial charge in [0.25, 0.3) is 0 Å². The second kappa shape index (κ2) is 5.63.